The molecular formula is C23H27N3O3S2. The Labute approximate surface area is 192 Å². The summed E-state index contributed by atoms with van der Waals surface area (Å²) in [6.07, 6.45) is 4.79. The van der Waals surface area contributed by atoms with Gasteiger partial charge in [0.1, 0.15) is 16.3 Å². The van der Waals surface area contributed by atoms with E-state index >= 15 is 0 Å². The molecule has 0 bridgehead atoms. The molecule has 31 heavy (non-hydrogen) atoms. The van der Waals surface area contributed by atoms with Gasteiger partial charge in [-0.15, -0.1) is 11.3 Å². The molecule has 1 aromatic carbocycles. The van der Waals surface area contributed by atoms with E-state index in [1.54, 1.807) is 36.6 Å². The van der Waals surface area contributed by atoms with Crippen LogP contribution in [0.15, 0.2) is 29.4 Å². The van der Waals surface area contributed by atoms with Gasteiger partial charge in [-0.3, -0.25) is 4.79 Å². The molecule has 0 spiro atoms. The van der Waals surface area contributed by atoms with E-state index in [1.165, 1.54) is 6.92 Å². The van der Waals surface area contributed by atoms with Gasteiger partial charge in [0.2, 0.25) is 0 Å². The Kier molecular flexibility index (Phi) is 6.68. The molecule has 0 unspecified atom stereocenters. The number of ether oxygens (including phenoxy) is 2. The number of aromatic nitrogens is 1. The van der Waals surface area contributed by atoms with Crippen molar-refractivity contribution in [3.63, 3.8) is 0 Å². The fraction of sp³-hybridized carbons (Fsp3) is 0.478. The van der Waals surface area contributed by atoms with E-state index in [-0.39, 0.29) is 11.4 Å². The number of carbonyl (C=O) groups is 1. The third-order valence-corrected chi connectivity index (χ3v) is 7.06. The van der Waals surface area contributed by atoms with Crippen LogP contribution in [-0.4, -0.2) is 28.2 Å². The quantitative estimate of drug-likeness (QED) is 0.488. The molecule has 3 rings (SSSR count). The molecule has 1 aliphatic carbocycles. The fourth-order valence-corrected chi connectivity index (χ4v) is 4.86. The van der Waals surface area contributed by atoms with Crippen LogP contribution >= 0.6 is 23.6 Å². The van der Waals surface area contributed by atoms with Gasteiger partial charge in [0.25, 0.3) is 0 Å². The van der Waals surface area contributed by atoms with Crippen LogP contribution in [0.25, 0.3) is 0 Å². The van der Waals surface area contributed by atoms with Crippen LogP contribution in [0, 0.1) is 11.3 Å². The van der Waals surface area contributed by atoms with Crippen molar-refractivity contribution in [2.75, 3.05) is 7.11 Å². The zero-order valence-corrected chi connectivity index (χ0v) is 20.2. The van der Waals surface area contributed by atoms with Crippen molar-refractivity contribution in [3.8, 4) is 11.8 Å². The number of methoxy groups -OCH3 is 1. The minimum atomic E-state index is -0.489. The molecule has 1 aromatic heterocycles. The summed E-state index contributed by atoms with van der Waals surface area (Å²) in [6.45, 7) is 8.44. The average Bonchev–Trinajstić information content (AvgIpc) is 3.07. The summed E-state index contributed by atoms with van der Waals surface area (Å²) in [6, 6.07) is 7.24. The molecule has 1 aliphatic rings. The predicted molar refractivity (Wildman–Crippen MR) is 124 cm³/mol. The van der Waals surface area contributed by atoms with Crippen LogP contribution < -0.4 is 9.54 Å². The highest BCUT2D eigenvalue weighted by Crippen LogP contribution is 2.37. The summed E-state index contributed by atoms with van der Waals surface area (Å²) in [5, 5.41) is 9.26. The molecule has 0 amide bonds. The van der Waals surface area contributed by atoms with Gasteiger partial charge in [0, 0.05) is 18.0 Å². The van der Waals surface area contributed by atoms with E-state index in [0.717, 1.165) is 28.9 Å². The standard InChI is InChI=1S/C23H27N3O3S2/c1-15(27)29-23(9-6-10-23)14-26-13-19(22(2,3)4)31-21(26)25-20(30)17-11-16(12-24)7-8-18(17)28-5/h7-8,11,13H,6,9-10,14H2,1-5H3. The molecule has 0 radical (unpaired) electrons. The van der Waals surface area contributed by atoms with Crippen molar-refractivity contribution in [3.05, 3.63) is 45.2 Å². The molecule has 0 atom stereocenters. The van der Waals surface area contributed by atoms with Gasteiger partial charge in [0.15, 0.2) is 4.80 Å². The third-order valence-electron chi connectivity index (χ3n) is 5.30. The molecule has 1 heterocycles. The number of thiocarbonyl (C=S) groups is 1. The van der Waals surface area contributed by atoms with Gasteiger partial charge in [0.05, 0.1) is 30.9 Å². The van der Waals surface area contributed by atoms with Crippen molar-refractivity contribution in [1.82, 2.24) is 4.57 Å². The fourth-order valence-electron chi connectivity index (χ4n) is 3.50. The lowest BCUT2D eigenvalue weighted by molar-refractivity contribution is -0.169. The van der Waals surface area contributed by atoms with Gasteiger partial charge < -0.3 is 14.0 Å². The Balaban J connectivity index is 2.07. The van der Waals surface area contributed by atoms with Crippen LogP contribution in [0.4, 0.5) is 0 Å². The lowest BCUT2D eigenvalue weighted by atomic mass is 9.80. The highest BCUT2D eigenvalue weighted by Gasteiger charge is 2.41. The minimum Gasteiger partial charge on any atom is -0.496 e. The van der Waals surface area contributed by atoms with Gasteiger partial charge in [-0.05, 0) is 42.9 Å². The summed E-state index contributed by atoms with van der Waals surface area (Å²) in [4.78, 5) is 18.7. The SMILES string of the molecule is COc1ccc(C#N)cc1C(=S)N=c1sc(C(C)(C)C)cn1CC1(OC(C)=O)CCC1. The number of nitrogens with zero attached hydrogens (tertiary/aromatic N) is 3. The van der Waals surface area contributed by atoms with Crippen molar-refractivity contribution in [2.45, 2.75) is 64.5 Å². The summed E-state index contributed by atoms with van der Waals surface area (Å²) in [5.41, 5.74) is 0.545. The van der Waals surface area contributed by atoms with E-state index in [2.05, 4.69) is 33.0 Å². The topological polar surface area (TPSA) is 76.6 Å². The summed E-state index contributed by atoms with van der Waals surface area (Å²) >= 11 is 7.20. The Morgan fingerprint density at radius 3 is 2.61 bits per heavy atom. The van der Waals surface area contributed by atoms with Gasteiger partial charge in [-0.1, -0.05) is 33.0 Å². The summed E-state index contributed by atoms with van der Waals surface area (Å²) in [7, 11) is 1.57. The maximum absolute atomic E-state index is 11.7. The maximum atomic E-state index is 11.7. The van der Waals surface area contributed by atoms with Crippen LogP contribution in [0.5, 0.6) is 5.75 Å². The number of thiazole rings is 1. The van der Waals surface area contributed by atoms with Gasteiger partial charge >= 0.3 is 5.97 Å². The molecule has 1 fully saturated rings. The van der Waals surface area contributed by atoms with Crippen LogP contribution in [0.3, 0.4) is 0 Å². The van der Waals surface area contributed by atoms with E-state index in [1.807, 2.05) is 4.57 Å². The van der Waals surface area contributed by atoms with E-state index in [0.29, 0.717) is 28.4 Å². The molecule has 0 saturated heterocycles. The van der Waals surface area contributed by atoms with Crippen molar-refractivity contribution in [1.29, 1.82) is 5.26 Å². The van der Waals surface area contributed by atoms with Gasteiger partial charge in [-0.25, -0.2) is 4.99 Å². The molecule has 0 N–H and O–H groups in total. The van der Waals surface area contributed by atoms with Crippen molar-refractivity contribution in [2.24, 2.45) is 4.99 Å². The molecule has 1 saturated carbocycles. The second-order valence-electron chi connectivity index (χ2n) is 8.83. The minimum absolute atomic E-state index is 0.0611. The molecule has 0 aliphatic heterocycles. The molecule has 6 nitrogen and oxygen atoms in total. The normalized spacial score (nSPS) is 15.7. The van der Waals surface area contributed by atoms with Gasteiger partial charge in [-0.2, -0.15) is 5.26 Å². The first kappa shape index (κ1) is 23.2. The molecule has 2 aromatic rings. The number of benzene rings is 1. The monoisotopic (exact) mass is 457 g/mol. The van der Waals surface area contributed by atoms with Crippen molar-refractivity contribution >= 4 is 34.5 Å². The lowest BCUT2D eigenvalue weighted by Crippen LogP contribution is -2.46. The zero-order valence-electron chi connectivity index (χ0n) is 18.5. The van der Waals surface area contributed by atoms with E-state index in [4.69, 9.17) is 26.7 Å². The van der Waals surface area contributed by atoms with E-state index < -0.39 is 5.60 Å². The van der Waals surface area contributed by atoms with Crippen LogP contribution in [0.2, 0.25) is 0 Å². The molecular weight excluding hydrogens is 430 g/mol. The van der Waals surface area contributed by atoms with Crippen LogP contribution in [0.1, 0.15) is 63.0 Å². The Hall–Kier alpha value is -2.50. The summed E-state index contributed by atoms with van der Waals surface area (Å²) in [5.74, 6) is 0.306. The molecule has 164 valence electrons. The zero-order chi connectivity index (χ0) is 22.8. The second-order valence-corrected chi connectivity index (χ2v) is 10.2. The maximum Gasteiger partial charge on any atom is 0.303 e. The van der Waals surface area contributed by atoms with Crippen molar-refractivity contribution < 1.29 is 14.3 Å². The number of hydrogen-bond acceptors (Lipinski definition) is 6. The Morgan fingerprint density at radius 2 is 2.10 bits per heavy atom. The highest BCUT2D eigenvalue weighted by molar-refractivity contribution is 7.80. The second kappa shape index (κ2) is 8.93. The third kappa shape index (κ3) is 5.23. The number of nitriles is 1. The Morgan fingerprint density at radius 1 is 1.39 bits per heavy atom. The first-order valence-electron chi connectivity index (χ1n) is 10.1. The van der Waals surface area contributed by atoms with Crippen LogP contribution in [-0.2, 0) is 21.5 Å². The lowest BCUT2D eigenvalue weighted by Gasteiger charge is -2.40. The number of hydrogen-bond donors (Lipinski definition) is 0. The smallest absolute Gasteiger partial charge is 0.303 e. The predicted octanol–water partition coefficient (Wildman–Crippen LogP) is 4.49. The average molecular weight is 458 g/mol. The largest absolute Gasteiger partial charge is 0.496 e. The summed E-state index contributed by atoms with van der Waals surface area (Å²) < 4.78 is 13.2. The number of esters is 1. The molecule has 8 heteroatoms. The Bertz CT molecular complexity index is 1110. The first-order valence-corrected chi connectivity index (χ1v) is 11.4. The van der Waals surface area contributed by atoms with E-state index in [9.17, 15) is 10.1 Å². The number of rotatable bonds is 5. The first-order chi connectivity index (χ1) is 14.6. The number of carbonyl (C=O) groups excluding carboxylic acids is 1. The highest BCUT2D eigenvalue weighted by atomic mass is 32.1.